The summed E-state index contributed by atoms with van der Waals surface area (Å²) in [5.74, 6) is -0.677. The number of hydrogen-bond donors (Lipinski definition) is 3. The van der Waals surface area contributed by atoms with E-state index in [0.717, 1.165) is 16.1 Å². The molecule has 1 heterocycles. The van der Waals surface area contributed by atoms with Gasteiger partial charge in [-0.25, -0.2) is 4.98 Å². The van der Waals surface area contributed by atoms with Crippen molar-refractivity contribution in [1.82, 2.24) is 10.3 Å². The van der Waals surface area contributed by atoms with Crippen molar-refractivity contribution in [1.29, 1.82) is 0 Å². The molecule has 0 radical (unpaired) electrons. The highest BCUT2D eigenvalue weighted by Crippen LogP contribution is 2.27. The summed E-state index contributed by atoms with van der Waals surface area (Å²) in [5.41, 5.74) is 7.59. The molecule has 140 valence electrons. The predicted octanol–water partition coefficient (Wildman–Crippen LogP) is 2.73. The summed E-state index contributed by atoms with van der Waals surface area (Å²) in [6.45, 7) is 5.45. The van der Waals surface area contributed by atoms with E-state index in [0.29, 0.717) is 16.6 Å². The number of amides is 2. The lowest BCUT2D eigenvalue weighted by Crippen LogP contribution is -2.46. The van der Waals surface area contributed by atoms with Gasteiger partial charge in [0.25, 0.3) is 0 Å². The summed E-state index contributed by atoms with van der Waals surface area (Å²) in [6.07, 6.45) is 0.652. The van der Waals surface area contributed by atoms with Gasteiger partial charge in [-0.05, 0) is 24.5 Å². The van der Waals surface area contributed by atoms with Crippen LogP contribution in [0.2, 0.25) is 5.02 Å². The molecule has 0 aliphatic rings. The smallest absolute Gasteiger partial charge is 0.245 e. The molecule has 8 heteroatoms. The van der Waals surface area contributed by atoms with Crippen LogP contribution in [0.4, 0.5) is 5.13 Å². The first-order chi connectivity index (χ1) is 12.3. The van der Waals surface area contributed by atoms with Gasteiger partial charge in [-0.3, -0.25) is 9.59 Å². The molecule has 4 N–H and O–H groups in total. The summed E-state index contributed by atoms with van der Waals surface area (Å²) >= 11 is 7.60. The molecule has 0 saturated heterocycles. The average Bonchev–Trinajstić information content (AvgIpc) is 2.93. The molecule has 0 spiro atoms. The van der Waals surface area contributed by atoms with E-state index in [-0.39, 0.29) is 24.3 Å². The van der Waals surface area contributed by atoms with Crippen LogP contribution >= 0.6 is 22.9 Å². The van der Waals surface area contributed by atoms with E-state index in [9.17, 15) is 9.59 Å². The lowest BCUT2D eigenvalue weighted by molar-refractivity contribution is -0.125. The van der Waals surface area contributed by atoms with Crippen molar-refractivity contribution in [2.75, 3.05) is 11.9 Å². The SMILES string of the molecule is Cc1nc(NC(=O)CNC(=O)[C@@H](N)C(C)C)sc1Cc1ccccc1Cl. The van der Waals surface area contributed by atoms with Crippen LogP contribution < -0.4 is 16.4 Å². The number of nitrogens with zero attached hydrogens (tertiary/aromatic N) is 1. The molecule has 0 fully saturated rings. The number of aromatic nitrogens is 1. The van der Waals surface area contributed by atoms with Crippen LogP contribution in [0.3, 0.4) is 0 Å². The number of nitrogens with one attached hydrogen (secondary N) is 2. The fraction of sp³-hybridized carbons (Fsp3) is 0.389. The van der Waals surface area contributed by atoms with Crippen LogP contribution in [0.5, 0.6) is 0 Å². The Morgan fingerprint density at radius 1 is 1.31 bits per heavy atom. The first kappa shape index (κ1) is 20.4. The number of hydrogen-bond acceptors (Lipinski definition) is 5. The highest BCUT2D eigenvalue weighted by molar-refractivity contribution is 7.15. The minimum atomic E-state index is -0.632. The van der Waals surface area contributed by atoms with Crippen LogP contribution in [0.15, 0.2) is 24.3 Å². The van der Waals surface area contributed by atoms with Gasteiger partial charge in [0.1, 0.15) is 0 Å². The molecule has 0 unspecified atom stereocenters. The quantitative estimate of drug-likeness (QED) is 0.672. The number of thiazole rings is 1. The molecular formula is C18H23ClN4O2S. The van der Waals surface area contributed by atoms with Gasteiger partial charge in [-0.1, -0.05) is 43.6 Å². The summed E-state index contributed by atoms with van der Waals surface area (Å²) in [7, 11) is 0. The zero-order valence-electron chi connectivity index (χ0n) is 15.0. The molecule has 6 nitrogen and oxygen atoms in total. The topological polar surface area (TPSA) is 97.1 Å². The average molecular weight is 395 g/mol. The van der Waals surface area contributed by atoms with E-state index in [1.54, 1.807) is 0 Å². The van der Waals surface area contributed by atoms with Crippen molar-refractivity contribution in [3.8, 4) is 0 Å². The lowest BCUT2D eigenvalue weighted by Gasteiger charge is -2.14. The minimum absolute atomic E-state index is 0.00652. The zero-order chi connectivity index (χ0) is 19.3. The van der Waals surface area contributed by atoms with Crippen molar-refractivity contribution in [3.05, 3.63) is 45.4 Å². The minimum Gasteiger partial charge on any atom is -0.346 e. The maximum atomic E-state index is 12.0. The molecule has 1 aromatic heterocycles. The summed E-state index contributed by atoms with van der Waals surface area (Å²) < 4.78 is 0. The van der Waals surface area contributed by atoms with Gasteiger partial charge < -0.3 is 16.4 Å². The summed E-state index contributed by atoms with van der Waals surface area (Å²) in [6, 6.07) is 7.00. The third-order valence-electron chi connectivity index (χ3n) is 3.89. The Kier molecular flexibility index (Phi) is 7.14. The maximum Gasteiger partial charge on any atom is 0.245 e. The molecule has 1 aromatic carbocycles. The van der Waals surface area contributed by atoms with E-state index < -0.39 is 6.04 Å². The second-order valence-electron chi connectivity index (χ2n) is 6.33. The van der Waals surface area contributed by atoms with Crippen LogP contribution in [-0.2, 0) is 16.0 Å². The van der Waals surface area contributed by atoms with E-state index >= 15 is 0 Å². The van der Waals surface area contributed by atoms with Crippen LogP contribution in [0.25, 0.3) is 0 Å². The molecule has 0 bridgehead atoms. The standard InChI is InChI=1S/C18H23ClN4O2S/c1-10(2)16(20)17(25)21-9-15(24)23-18-22-11(3)14(26-18)8-12-6-4-5-7-13(12)19/h4-7,10,16H,8-9,20H2,1-3H3,(H,21,25)(H,22,23,24)/t16-/m0/s1. The number of anilines is 1. The van der Waals surface area contributed by atoms with Crippen LogP contribution in [0.1, 0.15) is 30.0 Å². The van der Waals surface area contributed by atoms with Gasteiger partial charge in [-0.2, -0.15) is 0 Å². The Morgan fingerprint density at radius 3 is 2.65 bits per heavy atom. The number of carbonyl (C=O) groups is 2. The molecular weight excluding hydrogens is 372 g/mol. The van der Waals surface area contributed by atoms with Gasteiger partial charge >= 0.3 is 0 Å². The Labute approximate surface area is 162 Å². The molecule has 2 aromatic rings. The maximum absolute atomic E-state index is 12.0. The number of aryl methyl sites for hydroxylation is 1. The number of carbonyl (C=O) groups excluding carboxylic acids is 2. The van der Waals surface area contributed by atoms with Crippen molar-refractivity contribution in [3.63, 3.8) is 0 Å². The van der Waals surface area contributed by atoms with E-state index in [4.69, 9.17) is 17.3 Å². The molecule has 0 saturated carbocycles. The summed E-state index contributed by atoms with van der Waals surface area (Å²) in [5, 5.41) is 6.44. The molecule has 26 heavy (non-hydrogen) atoms. The Hall–Kier alpha value is -1.96. The monoisotopic (exact) mass is 394 g/mol. The molecule has 1 atom stereocenters. The number of rotatable bonds is 7. The number of halogens is 1. The van der Waals surface area contributed by atoms with Gasteiger partial charge in [0.15, 0.2) is 5.13 Å². The fourth-order valence-electron chi connectivity index (χ4n) is 2.21. The van der Waals surface area contributed by atoms with E-state index in [2.05, 4.69) is 15.6 Å². The van der Waals surface area contributed by atoms with Crippen LogP contribution in [-0.4, -0.2) is 29.4 Å². The van der Waals surface area contributed by atoms with Crippen molar-refractivity contribution < 1.29 is 9.59 Å². The van der Waals surface area contributed by atoms with Crippen molar-refractivity contribution in [2.45, 2.75) is 33.2 Å². The van der Waals surface area contributed by atoms with Gasteiger partial charge in [0.2, 0.25) is 11.8 Å². The van der Waals surface area contributed by atoms with E-state index in [1.165, 1.54) is 11.3 Å². The van der Waals surface area contributed by atoms with Crippen molar-refractivity contribution >= 4 is 39.9 Å². The first-order valence-corrected chi connectivity index (χ1v) is 9.50. The van der Waals surface area contributed by atoms with Crippen molar-refractivity contribution in [2.24, 2.45) is 11.7 Å². The van der Waals surface area contributed by atoms with E-state index in [1.807, 2.05) is 45.0 Å². The second kappa shape index (κ2) is 9.12. The van der Waals surface area contributed by atoms with Crippen LogP contribution in [0, 0.1) is 12.8 Å². The van der Waals surface area contributed by atoms with Gasteiger partial charge in [0.05, 0.1) is 18.3 Å². The molecule has 0 aliphatic heterocycles. The molecule has 2 rings (SSSR count). The molecule has 2 amide bonds. The molecule has 0 aliphatic carbocycles. The first-order valence-electron chi connectivity index (χ1n) is 8.30. The Balaban J connectivity index is 1.93. The Morgan fingerprint density at radius 2 is 2.00 bits per heavy atom. The number of nitrogens with two attached hydrogens (primary N) is 1. The highest BCUT2D eigenvalue weighted by atomic mass is 35.5. The normalized spacial score (nSPS) is 12.1. The highest BCUT2D eigenvalue weighted by Gasteiger charge is 2.18. The zero-order valence-corrected chi connectivity index (χ0v) is 16.6. The number of benzene rings is 1. The fourth-order valence-corrected chi connectivity index (χ4v) is 3.42. The largest absolute Gasteiger partial charge is 0.346 e. The Bertz CT molecular complexity index is 791. The third kappa shape index (κ3) is 5.52. The second-order valence-corrected chi connectivity index (χ2v) is 7.82. The summed E-state index contributed by atoms with van der Waals surface area (Å²) in [4.78, 5) is 29.2. The van der Waals surface area contributed by atoms with Gasteiger partial charge in [0, 0.05) is 16.3 Å². The lowest BCUT2D eigenvalue weighted by atomic mass is 10.1. The van der Waals surface area contributed by atoms with Gasteiger partial charge in [-0.15, -0.1) is 11.3 Å². The predicted molar refractivity (Wildman–Crippen MR) is 106 cm³/mol. The third-order valence-corrected chi connectivity index (χ3v) is 5.33.